The molecule has 0 spiro atoms. The second kappa shape index (κ2) is 11.0. The van der Waals surface area contributed by atoms with Crippen molar-refractivity contribution >= 4 is 34.7 Å². The summed E-state index contributed by atoms with van der Waals surface area (Å²) in [7, 11) is 0. The van der Waals surface area contributed by atoms with E-state index >= 15 is 0 Å². The molecule has 0 fully saturated rings. The molecule has 0 aliphatic carbocycles. The minimum absolute atomic E-state index is 0.00606. The van der Waals surface area contributed by atoms with E-state index in [1.165, 1.54) is 11.8 Å². The van der Waals surface area contributed by atoms with Crippen LogP contribution in [0.5, 0.6) is 5.75 Å². The molecule has 0 aromatic heterocycles. The van der Waals surface area contributed by atoms with Crippen LogP contribution in [0.2, 0.25) is 0 Å². The van der Waals surface area contributed by atoms with Gasteiger partial charge in [-0.05, 0) is 69.7 Å². The SMILES string of the molecule is CC(=O)Nc1ccc(NC2=C(c3ccc(OC(C)C)cc3)C(=O)N(CCOC(C)C)C2=O)cc1. The molecule has 3 amide bonds. The molecule has 0 bridgehead atoms. The van der Waals surface area contributed by atoms with E-state index in [4.69, 9.17) is 9.47 Å². The van der Waals surface area contributed by atoms with Crippen LogP contribution >= 0.6 is 0 Å². The number of ether oxygens (including phenoxy) is 2. The van der Waals surface area contributed by atoms with Crippen LogP contribution in [0.3, 0.4) is 0 Å². The standard InChI is InChI=1S/C26H31N3O5/c1-16(2)33-15-14-29-25(31)23(19-6-12-22(13-7-19)34-17(3)4)24(26(29)32)28-21-10-8-20(9-11-21)27-18(5)30/h6-13,16-17,28H,14-15H2,1-5H3,(H,27,30). The van der Waals surface area contributed by atoms with Crippen LogP contribution in [0, 0.1) is 0 Å². The Balaban J connectivity index is 1.91. The number of amides is 3. The van der Waals surface area contributed by atoms with E-state index in [-0.39, 0.29) is 48.4 Å². The lowest BCUT2D eigenvalue weighted by molar-refractivity contribution is -0.138. The van der Waals surface area contributed by atoms with Crippen molar-refractivity contribution in [2.75, 3.05) is 23.8 Å². The molecule has 1 heterocycles. The molecule has 34 heavy (non-hydrogen) atoms. The first-order chi connectivity index (χ1) is 16.2. The van der Waals surface area contributed by atoms with E-state index in [0.29, 0.717) is 22.7 Å². The average molecular weight is 466 g/mol. The van der Waals surface area contributed by atoms with E-state index in [9.17, 15) is 14.4 Å². The fourth-order valence-electron chi connectivity index (χ4n) is 3.50. The summed E-state index contributed by atoms with van der Waals surface area (Å²) in [5.41, 5.74) is 2.34. The number of nitrogens with zero attached hydrogens (tertiary/aromatic N) is 1. The minimum atomic E-state index is -0.416. The number of benzene rings is 2. The highest BCUT2D eigenvalue weighted by Crippen LogP contribution is 2.31. The van der Waals surface area contributed by atoms with Gasteiger partial charge in [-0.15, -0.1) is 0 Å². The topological polar surface area (TPSA) is 97.0 Å². The molecule has 8 nitrogen and oxygen atoms in total. The fourth-order valence-corrected chi connectivity index (χ4v) is 3.50. The summed E-state index contributed by atoms with van der Waals surface area (Å²) in [6, 6.07) is 14.0. The zero-order valence-corrected chi connectivity index (χ0v) is 20.2. The first-order valence-corrected chi connectivity index (χ1v) is 11.3. The lowest BCUT2D eigenvalue weighted by Gasteiger charge is -2.16. The maximum Gasteiger partial charge on any atom is 0.278 e. The van der Waals surface area contributed by atoms with Gasteiger partial charge in [0.2, 0.25) is 5.91 Å². The second-order valence-corrected chi connectivity index (χ2v) is 8.51. The Bertz CT molecular complexity index is 1070. The molecular weight excluding hydrogens is 434 g/mol. The van der Waals surface area contributed by atoms with Gasteiger partial charge in [-0.2, -0.15) is 0 Å². The van der Waals surface area contributed by atoms with Crippen molar-refractivity contribution < 1.29 is 23.9 Å². The largest absolute Gasteiger partial charge is 0.491 e. The van der Waals surface area contributed by atoms with Crippen LogP contribution in [0.15, 0.2) is 54.2 Å². The second-order valence-electron chi connectivity index (χ2n) is 8.51. The van der Waals surface area contributed by atoms with Gasteiger partial charge in [0.25, 0.3) is 11.8 Å². The Kier molecular flexibility index (Phi) is 8.07. The van der Waals surface area contributed by atoms with Crippen molar-refractivity contribution in [1.29, 1.82) is 0 Å². The molecule has 0 radical (unpaired) electrons. The number of hydrogen-bond acceptors (Lipinski definition) is 6. The molecule has 2 aromatic carbocycles. The Morgan fingerprint density at radius 1 is 0.882 bits per heavy atom. The highest BCUT2D eigenvalue weighted by molar-refractivity contribution is 6.36. The van der Waals surface area contributed by atoms with Crippen LogP contribution in [0.4, 0.5) is 11.4 Å². The Labute approximate surface area is 199 Å². The number of nitrogens with one attached hydrogen (secondary N) is 2. The van der Waals surface area contributed by atoms with Crippen molar-refractivity contribution in [3.8, 4) is 5.75 Å². The zero-order valence-electron chi connectivity index (χ0n) is 20.2. The van der Waals surface area contributed by atoms with E-state index < -0.39 is 5.91 Å². The smallest absolute Gasteiger partial charge is 0.278 e. The first-order valence-electron chi connectivity index (χ1n) is 11.3. The maximum atomic E-state index is 13.3. The summed E-state index contributed by atoms with van der Waals surface area (Å²) in [4.78, 5) is 39.0. The lowest BCUT2D eigenvalue weighted by Crippen LogP contribution is -2.35. The number of carbonyl (C=O) groups excluding carboxylic acids is 3. The van der Waals surface area contributed by atoms with E-state index in [2.05, 4.69) is 10.6 Å². The maximum absolute atomic E-state index is 13.3. The lowest BCUT2D eigenvalue weighted by atomic mass is 10.0. The third-order valence-corrected chi connectivity index (χ3v) is 4.92. The van der Waals surface area contributed by atoms with Gasteiger partial charge < -0.3 is 20.1 Å². The zero-order chi connectivity index (χ0) is 24.8. The van der Waals surface area contributed by atoms with E-state index in [1.807, 2.05) is 27.7 Å². The molecule has 1 aliphatic heterocycles. The molecule has 1 aliphatic rings. The molecule has 2 aromatic rings. The fraction of sp³-hybridized carbons (Fsp3) is 0.346. The summed E-state index contributed by atoms with van der Waals surface area (Å²) < 4.78 is 11.3. The summed E-state index contributed by atoms with van der Waals surface area (Å²) in [5, 5.41) is 5.81. The van der Waals surface area contributed by atoms with Crippen molar-refractivity contribution in [3.05, 3.63) is 59.8 Å². The van der Waals surface area contributed by atoms with Crippen molar-refractivity contribution in [2.24, 2.45) is 0 Å². The highest BCUT2D eigenvalue weighted by atomic mass is 16.5. The van der Waals surface area contributed by atoms with E-state index in [0.717, 1.165) is 0 Å². The number of hydrogen-bond donors (Lipinski definition) is 2. The monoisotopic (exact) mass is 465 g/mol. The van der Waals surface area contributed by atoms with Gasteiger partial charge in [0.05, 0.1) is 30.9 Å². The number of carbonyl (C=O) groups is 3. The molecule has 0 atom stereocenters. The van der Waals surface area contributed by atoms with Crippen LogP contribution in [-0.4, -0.2) is 48.0 Å². The molecule has 3 rings (SSSR count). The van der Waals surface area contributed by atoms with Gasteiger partial charge in [0.15, 0.2) is 0 Å². The Hall–Kier alpha value is -3.65. The quantitative estimate of drug-likeness (QED) is 0.514. The van der Waals surface area contributed by atoms with Crippen LogP contribution in [0.1, 0.15) is 40.2 Å². The van der Waals surface area contributed by atoms with Gasteiger partial charge in [-0.25, -0.2) is 0 Å². The van der Waals surface area contributed by atoms with Crippen LogP contribution in [-0.2, 0) is 19.1 Å². The van der Waals surface area contributed by atoms with Crippen molar-refractivity contribution in [2.45, 2.75) is 46.8 Å². The minimum Gasteiger partial charge on any atom is -0.491 e. The van der Waals surface area contributed by atoms with Crippen molar-refractivity contribution in [3.63, 3.8) is 0 Å². The van der Waals surface area contributed by atoms with Crippen molar-refractivity contribution in [1.82, 2.24) is 4.90 Å². The highest BCUT2D eigenvalue weighted by Gasteiger charge is 2.39. The predicted molar refractivity (Wildman–Crippen MR) is 131 cm³/mol. The summed E-state index contributed by atoms with van der Waals surface area (Å²) >= 11 is 0. The summed E-state index contributed by atoms with van der Waals surface area (Å²) in [6.45, 7) is 9.51. The predicted octanol–water partition coefficient (Wildman–Crippen LogP) is 4.05. The van der Waals surface area contributed by atoms with E-state index in [1.54, 1.807) is 48.5 Å². The average Bonchev–Trinajstić information content (AvgIpc) is 2.99. The number of anilines is 2. The number of rotatable bonds is 10. The molecule has 8 heteroatoms. The molecule has 0 unspecified atom stereocenters. The normalized spacial score (nSPS) is 13.8. The number of imide groups is 1. The summed E-state index contributed by atoms with van der Waals surface area (Å²) in [6.07, 6.45) is 0.0161. The van der Waals surface area contributed by atoms with Crippen LogP contribution < -0.4 is 15.4 Å². The molecule has 0 saturated heterocycles. The molecule has 2 N–H and O–H groups in total. The van der Waals surface area contributed by atoms with Gasteiger partial charge in [0, 0.05) is 18.3 Å². The third-order valence-electron chi connectivity index (χ3n) is 4.92. The van der Waals surface area contributed by atoms with Gasteiger partial charge in [-0.3, -0.25) is 19.3 Å². The molecule has 180 valence electrons. The van der Waals surface area contributed by atoms with Gasteiger partial charge in [0.1, 0.15) is 11.4 Å². The van der Waals surface area contributed by atoms with Gasteiger partial charge in [-0.1, -0.05) is 12.1 Å². The van der Waals surface area contributed by atoms with Crippen LogP contribution in [0.25, 0.3) is 5.57 Å². The Morgan fingerprint density at radius 3 is 2.06 bits per heavy atom. The van der Waals surface area contributed by atoms with Gasteiger partial charge >= 0.3 is 0 Å². The third kappa shape index (κ3) is 6.23. The summed E-state index contributed by atoms with van der Waals surface area (Å²) in [5.74, 6) is -0.291. The molecule has 0 saturated carbocycles. The Morgan fingerprint density at radius 2 is 1.50 bits per heavy atom. The first kappa shape index (κ1) is 25.0. The molecular formula is C26H31N3O5.